The molecule has 0 unspecified atom stereocenters. The molecule has 5 heteroatoms. The largest absolute Gasteiger partial charge is 0.325 e. The highest BCUT2D eigenvalue weighted by molar-refractivity contribution is 6.30. The molecule has 2 aromatic carbocycles. The minimum Gasteiger partial charge on any atom is -0.325 e. The predicted molar refractivity (Wildman–Crippen MR) is 115 cm³/mol. The maximum absolute atomic E-state index is 12.8. The van der Waals surface area contributed by atoms with Crippen molar-refractivity contribution in [3.8, 4) is 0 Å². The standard InChI is InChI=1S/C23H24ClN3O/c1-16-20-3-2-4-22(21(20)9-12-25-16)26-23(28)18-10-13-27(14-11-18)15-17-5-7-19(24)8-6-17/h2-9,12,18H,10-11,13-15H2,1H3,(H,26,28). The molecular formula is C23H24ClN3O. The number of hydrogen-bond acceptors (Lipinski definition) is 3. The lowest BCUT2D eigenvalue weighted by atomic mass is 9.95. The second-order valence-electron chi connectivity index (χ2n) is 7.46. The number of aromatic nitrogens is 1. The Labute approximate surface area is 170 Å². The monoisotopic (exact) mass is 393 g/mol. The first kappa shape index (κ1) is 18.9. The van der Waals surface area contributed by atoms with Gasteiger partial charge in [0.15, 0.2) is 0 Å². The van der Waals surface area contributed by atoms with E-state index in [0.29, 0.717) is 0 Å². The first-order valence-corrected chi connectivity index (χ1v) is 10.1. The Morgan fingerprint density at radius 3 is 2.61 bits per heavy atom. The van der Waals surface area contributed by atoms with E-state index in [4.69, 9.17) is 11.6 Å². The van der Waals surface area contributed by atoms with E-state index in [1.807, 2.05) is 43.3 Å². The summed E-state index contributed by atoms with van der Waals surface area (Å²) < 4.78 is 0. The summed E-state index contributed by atoms with van der Waals surface area (Å²) in [6, 6.07) is 15.9. The maximum Gasteiger partial charge on any atom is 0.227 e. The summed E-state index contributed by atoms with van der Waals surface area (Å²) in [6.07, 6.45) is 3.55. The molecule has 0 radical (unpaired) electrons. The number of carbonyl (C=O) groups excluding carboxylic acids is 1. The molecule has 1 amide bonds. The zero-order valence-electron chi connectivity index (χ0n) is 16.0. The number of aryl methyl sites for hydroxylation is 1. The van der Waals surface area contributed by atoms with E-state index in [1.54, 1.807) is 6.20 Å². The predicted octanol–water partition coefficient (Wildman–Crippen LogP) is 5.05. The number of nitrogens with zero attached hydrogens (tertiary/aromatic N) is 2. The number of halogens is 1. The summed E-state index contributed by atoms with van der Waals surface area (Å²) in [5.74, 6) is 0.174. The van der Waals surface area contributed by atoms with E-state index in [1.165, 1.54) is 5.56 Å². The van der Waals surface area contributed by atoms with Crippen molar-refractivity contribution in [1.82, 2.24) is 9.88 Å². The molecule has 28 heavy (non-hydrogen) atoms. The van der Waals surface area contributed by atoms with Crippen LogP contribution in [-0.2, 0) is 11.3 Å². The van der Waals surface area contributed by atoms with Gasteiger partial charge in [-0.1, -0.05) is 35.9 Å². The van der Waals surface area contributed by atoms with Gasteiger partial charge < -0.3 is 5.32 Å². The average molecular weight is 394 g/mol. The number of piperidine rings is 1. The Kier molecular flexibility index (Phi) is 5.60. The molecular weight excluding hydrogens is 370 g/mol. The first-order chi connectivity index (χ1) is 13.6. The van der Waals surface area contributed by atoms with Crippen molar-refractivity contribution in [1.29, 1.82) is 0 Å². The van der Waals surface area contributed by atoms with E-state index >= 15 is 0 Å². The summed E-state index contributed by atoms with van der Waals surface area (Å²) in [7, 11) is 0. The minimum atomic E-state index is 0.0552. The Bertz CT molecular complexity index is 979. The molecule has 144 valence electrons. The molecule has 2 heterocycles. The topological polar surface area (TPSA) is 45.2 Å². The summed E-state index contributed by atoms with van der Waals surface area (Å²) in [5.41, 5.74) is 3.10. The maximum atomic E-state index is 12.8. The number of amides is 1. The molecule has 1 saturated heterocycles. The van der Waals surface area contributed by atoms with Crippen LogP contribution in [0.15, 0.2) is 54.7 Å². The second kappa shape index (κ2) is 8.29. The zero-order valence-corrected chi connectivity index (χ0v) is 16.7. The van der Waals surface area contributed by atoms with Crippen LogP contribution < -0.4 is 5.32 Å². The number of rotatable bonds is 4. The lowest BCUT2D eigenvalue weighted by Crippen LogP contribution is -2.37. The fourth-order valence-electron chi connectivity index (χ4n) is 3.90. The van der Waals surface area contributed by atoms with E-state index in [0.717, 1.165) is 59.7 Å². The van der Waals surface area contributed by atoms with E-state index in [2.05, 4.69) is 27.3 Å². The fraction of sp³-hybridized carbons (Fsp3) is 0.304. The highest BCUT2D eigenvalue weighted by Crippen LogP contribution is 2.27. The molecule has 4 nitrogen and oxygen atoms in total. The smallest absolute Gasteiger partial charge is 0.227 e. The molecule has 0 spiro atoms. The third kappa shape index (κ3) is 4.18. The van der Waals surface area contributed by atoms with Crippen molar-refractivity contribution in [2.24, 2.45) is 5.92 Å². The van der Waals surface area contributed by atoms with Gasteiger partial charge in [-0.2, -0.15) is 0 Å². The lowest BCUT2D eigenvalue weighted by molar-refractivity contribution is -0.121. The quantitative estimate of drug-likeness (QED) is 0.674. The fourth-order valence-corrected chi connectivity index (χ4v) is 4.02. The SMILES string of the molecule is Cc1nccc2c(NC(=O)C3CCN(Cc4ccc(Cl)cc4)CC3)cccc12. The lowest BCUT2D eigenvalue weighted by Gasteiger charge is -2.31. The molecule has 0 saturated carbocycles. The zero-order chi connectivity index (χ0) is 19.5. The third-order valence-corrected chi connectivity index (χ3v) is 5.79. The first-order valence-electron chi connectivity index (χ1n) is 9.72. The normalized spacial score (nSPS) is 15.6. The molecule has 0 aliphatic carbocycles. The van der Waals surface area contributed by atoms with Crippen molar-refractivity contribution in [3.63, 3.8) is 0 Å². The molecule has 1 aromatic heterocycles. The van der Waals surface area contributed by atoms with Crippen LogP contribution in [0.5, 0.6) is 0 Å². The van der Waals surface area contributed by atoms with E-state index in [-0.39, 0.29) is 11.8 Å². The van der Waals surface area contributed by atoms with Gasteiger partial charge in [0.2, 0.25) is 5.91 Å². The highest BCUT2D eigenvalue weighted by atomic mass is 35.5. The molecule has 0 bridgehead atoms. The molecule has 1 aliphatic rings. The summed E-state index contributed by atoms with van der Waals surface area (Å²) >= 11 is 5.96. The number of likely N-dealkylation sites (tertiary alicyclic amines) is 1. The number of fused-ring (bicyclic) bond motifs is 1. The van der Waals surface area contributed by atoms with Crippen molar-refractivity contribution < 1.29 is 4.79 Å². The van der Waals surface area contributed by atoms with Crippen molar-refractivity contribution in [2.75, 3.05) is 18.4 Å². The van der Waals surface area contributed by atoms with Gasteiger partial charge >= 0.3 is 0 Å². The van der Waals surface area contributed by atoms with Gasteiger partial charge in [0, 0.05) is 45.8 Å². The van der Waals surface area contributed by atoms with Crippen molar-refractivity contribution in [3.05, 3.63) is 71.0 Å². The Hall–Kier alpha value is -2.43. The number of carbonyl (C=O) groups is 1. The molecule has 1 aliphatic heterocycles. The molecule has 0 atom stereocenters. The minimum absolute atomic E-state index is 0.0552. The molecule has 1 N–H and O–H groups in total. The number of nitrogens with one attached hydrogen (secondary N) is 1. The van der Waals surface area contributed by atoms with Crippen LogP contribution in [0.1, 0.15) is 24.1 Å². The van der Waals surface area contributed by atoms with Crippen LogP contribution in [0.4, 0.5) is 5.69 Å². The summed E-state index contributed by atoms with van der Waals surface area (Å²) in [6.45, 7) is 4.75. The molecule has 4 rings (SSSR count). The van der Waals surface area contributed by atoms with Gasteiger partial charge in [0.05, 0.1) is 0 Å². The van der Waals surface area contributed by atoms with Gasteiger partial charge in [0.1, 0.15) is 0 Å². The number of anilines is 1. The van der Waals surface area contributed by atoms with Gasteiger partial charge in [0.25, 0.3) is 0 Å². The van der Waals surface area contributed by atoms with Gasteiger partial charge in [-0.15, -0.1) is 0 Å². The Balaban J connectivity index is 1.37. The third-order valence-electron chi connectivity index (χ3n) is 5.54. The van der Waals surface area contributed by atoms with Crippen LogP contribution in [-0.4, -0.2) is 28.9 Å². The van der Waals surface area contributed by atoms with Crippen LogP contribution >= 0.6 is 11.6 Å². The van der Waals surface area contributed by atoms with Crippen molar-refractivity contribution in [2.45, 2.75) is 26.3 Å². The average Bonchev–Trinajstić information content (AvgIpc) is 2.71. The van der Waals surface area contributed by atoms with Gasteiger partial charge in [-0.25, -0.2) is 0 Å². The highest BCUT2D eigenvalue weighted by Gasteiger charge is 2.25. The molecule has 1 fully saturated rings. The molecule has 3 aromatic rings. The summed E-state index contributed by atoms with van der Waals surface area (Å²) in [5, 5.41) is 6.04. The van der Waals surface area contributed by atoms with Crippen LogP contribution in [0.3, 0.4) is 0 Å². The van der Waals surface area contributed by atoms with Crippen molar-refractivity contribution >= 4 is 34.0 Å². The van der Waals surface area contributed by atoms with Crippen LogP contribution in [0.2, 0.25) is 5.02 Å². The van der Waals surface area contributed by atoms with Gasteiger partial charge in [-0.3, -0.25) is 14.7 Å². The second-order valence-corrected chi connectivity index (χ2v) is 7.90. The number of hydrogen-bond donors (Lipinski definition) is 1. The van der Waals surface area contributed by atoms with Crippen LogP contribution in [0, 0.1) is 12.8 Å². The summed E-state index contributed by atoms with van der Waals surface area (Å²) in [4.78, 5) is 19.6. The van der Waals surface area contributed by atoms with E-state index in [9.17, 15) is 4.79 Å². The number of benzene rings is 2. The Morgan fingerprint density at radius 2 is 1.86 bits per heavy atom. The Morgan fingerprint density at radius 1 is 1.11 bits per heavy atom. The number of pyridine rings is 1. The van der Waals surface area contributed by atoms with E-state index < -0.39 is 0 Å². The van der Waals surface area contributed by atoms with Gasteiger partial charge in [-0.05, 0) is 62.7 Å². The van der Waals surface area contributed by atoms with Crippen LogP contribution in [0.25, 0.3) is 10.8 Å².